The highest BCUT2D eigenvalue weighted by Crippen LogP contribution is 2.29. The molecule has 0 aromatic heterocycles. The molecule has 0 N–H and O–H groups in total. The van der Waals surface area contributed by atoms with E-state index in [2.05, 4.69) is 15.9 Å². The van der Waals surface area contributed by atoms with E-state index < -0.39 is 0 Å². The maximum absolute atomic E-state index is 12.4. The summed E-state index contributed by atoms with van der Waals surface area (Å²) in [6.07, 6.45) is 0. The van der Waals surface area contributed by atoms with Gasteiger partial charge < -0.3 is 4.74 Å². The minimum absolute atomic E-state index is 0.0673. The van der Waals surface area contributed by atoms with Gasteiger partial charge in [-0.25, -0.2) is 0 Å². The van der Waals surface area contributed by atoms with E-state index in [0.717, 1.165) is 15.8 Å². The van der Waals surface area contributed by atoms with Crippen molar-refractivity contribution in [2.75, 3.05) is 13.3 Å². The van der Waals surface area contributed by atoms with Gasteiger partial charge in [0.05, 0.1) is 17.8 Å². The monoisotopic (exact) mass is 260 g/mol. The zero-order valence-corrected chi connectivity index (χ0v) is 9.97. The molecule has 0 aliphatic rings. The summed E-state index contributed by atoms with van der Waals surface area (Å²) in [5.41, 5.74) is 0.971. The van der Waals surface area contributed by atoms with Crippen molar-refractivity contribution < 1.29 is 9.13 Å². The predicted octanol–water partition coefficient (Wildman–Crippen LogP) is 3.92. The number of hydrogen-bond donors (Lipinski definition) is 0. The molecule has 0 aliphatic carbocycles. The van der Waals surface area contributed by atoms with E-state index in [4.69, 9.17) is 4.74 Å². The Hall–Kier alpha value is -0.570. The molecule has 3 heteroatoms. The van der Waals surface area contributed by atoms with Crippen molar-refractivity contribution in [1.29, 1.82) is 0 Å². The highest BCUT2D eigenvalue weighted by atomic mass is 79.9. The largest absolute Gasteiger partial charge is 0.493 e. The molecule has 0 bridgehead atoms. The van der Waals surface area contributed by atoms with Crippen LogP contribution in [0.3, 0.4) is 0 Å². The summed E-state index contributed by atoms with van der Waals surface area (Å²) in [6, 6.07) is 5.70. The fourth-order valence-corrected chi connectivity index (χ4v) is 1.54. The van der Waals surface area contributed by atoms with E-state index >= 15 is 0 Å². The Morgan fingerprint density at radius 1 is 1.50 bits per heavy atom. The van der Waals surface area contributed by atoms with Gasteiger partial charge in [0, 0.05) is 5.92 Å². The van der Waals surface area contributed by atoms with Gasteiger partial charge in [-0.05, 0) is 40.5 Å². The minimum Gasteiger partial charge on any atom is -0.493 e. The molecule has 1 aromatic rings. The lowest BCUT2D eigenvalue weighted by molar-refractivity contribution is 0.337. The molecule has 1 unspecified atom stereocenters. The molecule has 78 valence electrons. The average molecular weight is 261 g/mol. The van der Waals surface area contributed by atoms with Crippen molar-refractivity contribution in [3.63, 3.8) is 0 Å². The van der Waals surface area contributed by atoms with Crippen molar-refractivity contribution in [2.45, 2.75) is 19.8 Å². The molecule has 0 spiro atoms. The highest BCUT2D eigenvalue weighted by molar-refractivity contribution is 9.10. The third kappa shape index (κ3) is 2.71. The second kappa shape index (κ2) is 5.35. The molecule has 0 saturated carbocycles. The van der Waals surface area contributed by atoms with E-state index in [0.29, 0.717) is 6.61 Å². The van der Waals surface area contributed by atoms with Gasteiger partial charge >= 0.3 is 0 Å². The number of ether oxygens (including phenoxy) is 1. The van der Waals surface area contributed by atoms with Crippen molar-refractivity contribution >= 4 is 15.9 Å². The van der Waals surface area contributed by atoms with Crippen LogP contribution >= 0.6 is 15.9 Å². The van der Waals surface area contributed by atoms with Crippen LogP contribution in [-0.4, -0.2) is 13.3 Å². The summed E-state index contributed by atoms with van der Waals surface area (Å²) in [5, 5.41) is 0. The fourth-order valence-electron chi connectivity index (χ4n) is 1.18. The molecule has 0 amide bonds. The molecule has 0 fully saturated rings. The Morgan fingerprint density at radius 3 is 2.79 bits per heavy atom. The zero-order chi connectivity index (χ0) is 10.6. The van der Waals surface area contributed by atoms with Gasteiger partial charge in [0.25, 0.3) is 0 Å². The van der Waals surface area contributed by atoms with Crippen molar-refractivity contribution in [2.24, 2.45) is 0 Å². The molecule has 14 heavy (non-hydrogen) atoms. The topological polar surface area (TPSA) is 9.23 Å². The molecular weight excluding hydrogens is 247 g/mol. The first kappa shape index (κ1) is 11.5. The standard InChI is InChI=1S/C11H14BrFO/c1-3-14-11-6-9(8(2)7-13)4-5-10(11)12/h4-6,8H,3,7H2,1-2H3. The van der Waals surface area contributed by atoms with Crippen molar-refractivity contribution in [3.05, 3.63) is 28.2 Å². The first-order valence-corrected chi connectivity index (χ1v) is 5.46. The number of rotatable bonds is 4. The number of hydrogen-bond acceptors (Lipinski definition) is 1. The lowest BCUT2D eigenvalue weighted by Gasteiger charge is -2.11. The summed E-state index contributed by atoms with van der Waals surface area (Å²) in [4.78, 5) is 0. The van der Waals surface area contributed by atoms with Crippen molar-refractivity contribution in [3.8, 4) is 5.75 Å². The van der Waals surface area contributed by atoms with Crippen LogP contribution in [0, 0.1) is 0 Å². The zero-order valence-electron chi connectivity index (χ0n) is 8.39. The Balaban J connectivity index is 2.93. The molecule has 1 aromatic carbocycles. The van der Waals surface area contributed by atoms with Crippen LogP contribution < -0.4 is 4.74 Å². The molecule has 0 saturated heterocycles. The summed E-state index contributed by atoms with van der Waals surface area (Å²) in [5.74, 6) is 0.715. The van der Waals surface area contributed by atoms with Gasteiger partial charge in [-0.2, -0.15) is 0 Å². The molecule has 1 nitrogen and oxygen atoms in total. The third-order valence-electron chi connectivity index (χ3n) is 2.06. The predicted molar refractivity (Wildman–Crippen MR) is 59.7 cm³/mol. The summed E-state index contributed by atoms with van der Waals surface area (Å²) >= 11 is 3.38. The smallest absolute Gasteiger partial charge is 0.133 e. The van der Waals surface area contributed by atoms with Crippen LogP contribution in [0.2, 0.25) is 0 Å². The van der Waals surface area contributed by atoms with Gasteiger partial charge in [0.1, 0.15) is 5.75 Å². The van der Waals surface area contributed by atoms with Gasteiger partial charge in [-0.3, -0.25) is 4.39 Å². The van der Waals surface area contributed by atoms with E-state index in [1.54, 1.807) is 0 Å². The Morgan fingerprint density at radius 2 is 2.21 bits per heavy atom. The van der Waals surface area contributed by atoms with Crippen LogP contribution in [0.5, 0.6) is 5.75 Å². The van der Waals surface area contributed by atoms with E-state index in [-0.39, 0.29) is 12.6 Å². The minimum atomic E-state index is -0.340. The molecule has 0 radical (unpaired) electrons. The Kier molecular flexibility index (Phi) is 4.39. The van der Waals surface area contributed by atoms with E-state index in [1.807, 2.05) is 32.0 Å². The van der Waals surface area contributed by atoms with Gasteiger partial charge in [0.15, 0.2) is 0 Å². The second-order valence-electron chi connectivity index (χ2n) is 3.18. The first-order valence-electron chi connectivity index (χ1n) is 4.67. The Bertz CT molecular complexity index is 301. The van der Waals surface area contributed by atoms with Crippen LogP contribution in [0.4, 0.5) is 4.39 Å². The van der Waals surface area contributed by atoms with E-state index in [1.165, 1.54) is 0 Å². The van der Waals surface area contributed by atoms with Gasteiger partial charge in [0.2, 0.25) is 0 Å². The third-order valence-corrected chi connectivity index (χ3v) is 2.71. The lowest BCUT2D eigenvalue weighted by atomic mass is 10.0. The molecule has 1 rings (SSSR count). The van der Waals surface area contributed by atoms with Crippen LogP contribution in [0.15, 0.2) is 22.7 Å². The molecule has 0 heterocycles. The maximum atomic E-state index is 12.4. The van der Waals surface area contributed by atoms with Crippen LogP contribution in [-0.2, 0) is 0 Å². The normalized spacial score (nSPS) is 12.6. The molecule has 0 aliphatic heterocycles. The van der Waals surface area contributed by atoms with Gasteiger partial charge in [-0.1, -0.05) is 13.0 Å². The highest BCUT2D eigenvalue weighted by Gasteiger charge is 2.08. The average Bonchev–Trinajstić information content (AvgIpc) is 2.20. The maximum Gasteiger partial charge on any atom is 0.133 e. The van der Waals surface area contributed by atoms with Crippen LogP contribution in [0.1, 0.15) is 25.3 Å². The SMILES string of the molecule is CCOc1cc(C(C)CF)ccc1Br. The number of benzene rings is 1. The molecular formula is C11H14BrFO. The summed E-state index contributed by atoms with van der Waals surface area (Å²) in [7, 11) is 0. The number of alkyl halides is 1. The lowest BCUT2D eigenvalue weighted by Crippen LogP contribution is -1.98. The van der Waals surface area contributed by atoms with Crippen LogP contribution in [0.25, 0.3) is 0 Å². The number of halogens is 2. The Labute approximate surface area is 92.4 Å². The quantitative estimate of drug-likeness (QED) is 0.798. The van der Waals surface area contributed by atoms with Gasteiger partial charge in [-0.15, -0.1) is 0 Å². The summed E-state index contributed by atoms with van der Waals surface area (Å²) < 4.78 is 18.8. The first-order chi connectivity index (χ1) is 6.69. The van der Waals surface area contributed by atoms with E-state index in [9.17, 15) is 4.39 Å². The molecule has 1 atom stereocenters. The van der Waals surface area contributed by atoms with Crippen molar-refractivity contribution in [1.82, 2.24) is 0 Å². The second-order valence-corrected chi connectivity index (χ2v) is 4.03. The fraction of sp³-hybridized carbons (Fsp3) is 0.455. The summed E-state index contributed by atoms with van der Waals surface area (Å²) in [6.45, 7) is 4.07.